The van der Waals surface area contributed by atoms with Crippen molar-refractivity contribution in [1.29, 1.82) is 5.26 Å². The average molecular weight is 263 g/mol. The summed E-state index contributed by atoms with van der Waals surface area (Å²) in [5.41, 5.74) is 0.789. The first kappa shape index (κ1) is 17.0. The quantitative estimate of drug-likeness (QED) is 0.869. The lowest BCUT2D eigenvalue weighted by atomic mass is 10.1. The van der Waals surface area contributed by atoms with Crippen molar-refractivity contribution in [1.82, 2.24) is 5.32 Å². The number of anilines is 1. The summed E-state index contributed by atoms with van der Waals surface area (Å²) in [5.74, 6) is -0.372. The second-order valence-corrected chi connectivity index (χ2v) is 4.28. The van der Waals surface area contributed by atoms with Crippen molar-refractivity contribution in [3.05, 3.63) is 36.2 Å². The van der Waals surface area contributed by atoms with Gasteiger partial charge in [0, 0.05) is 24.0 Å². The van der Waals surface area contributed by atoms with Gasteiger partial charge in [0.1, 0.15) is 11.4 Å². The summed E-state index contributed by atoms with van der Waals surface area (Å²) >= 11 is 0. The summed E-state index contributed by atoms with van der Waals surface area (Å²) in [7, 11) is 1.69. The van der Waals surface area contributed by atoms with Crippen LogP contribution < -0.4 is 10.6 Å². The normalized spacial score (nSPS) is 9.74. The number of nitriles is 1. The standard InChI is InChI=1S/C13H16FN3.C2H6/c1-9(16-4)11-6-5-10(7-12(11)14)17-13(2,3)8-15;1-2/h5-7,16-17H,1H2,2-4H3;1-2H3. The second-order valence-electron chi connectivity index (χ2n) is 4.28. The minimum Gasteiger partial charge on any atom is -0.388 e. The number of nitrogens with one attached hydrogen (secondary N) is 2. The highest BCUT2D eigenvalue weighted by Crippen LogP contribution is 2.21. The van der Waals surface area contributed by atoms with Crippen molar-refractivity contribution >= 4 is 11.4 Å². The lowest BCUT2D eigenvalue weighted by Crippen LogP contribution is -2.28. The van der Waals surface area contributed by atoms with Gasteiger partial charge in [0.2, 0.25) is 0 Å². The Kier molecular flexibility index (Phi) is 6.63. The van der Waals surface area contributed by atoms with Crippen LogP contribution in [0, 0.1) is 17.1 Å². The molecule has 0 amide bonds. The number of hydrogen-bond donors (Lipinski definition) is 2. The van der Waals surface area contributed by atoms with Gasteiger partial charge in [-0.1, -0.05) is 20.4 Å². The van der Waals surface area contributed by atoms with Crippen LogP contribution in [0.25, 0.3) is 5.70 Å². The summed E-state index contributed by atoms with van der Waals surface area (Å²) in [4.78, 5) is 0. The molecule has 0 aromatic heterocycles. The monoisotopic (exact) mass is 263 g/mol. The summed E-state index contributed by atoms with van der Waals surface area (Å²) in [6, 6.07) is 6.80. The van der Waals surface area contributed by atoms with Crippen LogP contribution in [0.15, 0.2) is 24.8 Å². The van der Waals surface area contributed by atoms with Crippen LogP contribution in [-0.2, 0) is 0 Å². The molecule has 0 saturated carbocycles. The van der Waals surface area contributed by atoms with E-state index in [0.29, 0.717) is 16.9 Å². The Labute approximate surface area is 115 Å². The van der Waals surface area contributed by atoms with Crippen LogP contribution >= 0.6 is 0 Å². The molecule has 2 N–H and O–H groups in total. The molecule has 0 aliphatic heterocycles. The Balaban J connectivity index is 0.00000154. The van der Waals surface area contributed by atoms with Crippen LogP contribution in [-0.4, -0.2) is 12.6 Å². The molecular formula is C15H22FN3. The van der Waals surface area contributed by atoms with E-state index in [-0.39, 0.29) is 5.82 Å². The molecule has 0 unspecified atom stereocenters. The molecule has 0 bridgehead atoms. The highest BCUT2D eigenvalue weighted by Gasteiger charge is 2.16. The Morgan fingerprint density at radius 3 is 2.37 bits per heavy atom. The molecule has 0 spiro atoms. The summed E-state index contributed by atoms with van der Waals surface area (Å²) in [6.07, 6.45) is 0. The zero-order chi connectivity index (χ0) is 15.1. The number of hydrogen-bond acceptors (Lipinski definition) is 3. The molecule has 104 valence electrons. The average Bonchev–Trinajstić information content (AvgIpc) is 2.40. The zero-order valence-electron chi connectivity index (χ0n) is 12.3. The Bertz CT molecular complexity index is 473. The number of nitrogens with zero attached hydrogens (tertiary/aromatic N) is 1. The minimum atomic E-state index is -0.728. The SMILES string of the molecule is C=C(NC)c1ccc(NC(C)(C)C#N)cc1F.CC. The number of halogens is 1. The van der Waals surface area contributed by atoms with E-state index in [0.717, 1.165) is 0 Å². The van der Waals surface area contributed by atoms with Gasteiger partial charge in [0.05, 0.1) is 6.07 Å². The second kappa shape index (κ2) is 7.42. The largest absolute Gasteiger partial charge is 0.388 e. The molecule has 1 rings (SSSR count). The van der Waals surface area contributed by atoms with E-state index in [2.05, 4.69) is 23.3 Å². The molecule has 0 atom stereocenters. The molecule has 0 fully saturated rings. The molecule has 1 aromatic carbocycles. The van der Waals surface area contributed by atoms with E-state index >= 15 is 0 Å². The van der Waals surface area contributed by atoms with Crippen molar-refractivity contribution in [2.24, 2.45) is 0 Å². The molecule has 0 aliphatic carbocycles. The first-order valence-corrected chi connectivity index (χ1v) is 6.25. The summed E-state index contributed by atoms with van der Waals surface area (Å²) in [6.45, 7) is 11.2. The third kappa shape index (κ3) is 5.01. The fourth-order valence-electron chi connectivity index (χ4n) is 1.36. The Morgan fingerprint density at radius 2 is 1.95 bits per heavy atom. The van der Waals surface area contributed by atoms with Crippen LogP contribution in [0.1, 0.15) is 33.3 Å². The molecule has 4 heteroatoms. The fourth-order valence-corrected chi connectivity index (χ4v) is 1.36. The van der Waals surface area contributed by atoms with Crippen molar-refractivity contribution < 1.29 is 4.39 Å². The number of rotatable bonds is 4. The molecular weight excluding hydrogens is 241 g/mol. The number of benzene rings is 1. The Morgan fingerprint density at radius 1 is 1.37 bits per heavy atom. The van der Waals surface area contributed by atoms with Crippen LogP contribution in [0.2, 0.25) is 0 Å². The predicted octanol–water partition coefficient (Wildman–Crippen LogP) is 3.76. The van der Waals surface area contributed by atoms with Gasteiger partial charge in [-0.25, -0.2) is 4.39 Å². The van der Waals surface area contributed by atoms with E-state index in [1.54, 1.807) is 33.0 Å². The van der Waals surface area contributed by atoms with Gasteiger partial charge in [-0.3, -0.25) is 0 Å². The van der Waals surface area contributed by atoms with Gasteiger partial charge in [-0.15, -0.1) is 0 Å². The molecule has 0 radical (unpaired) electrons. The van der Waals surface area contributed by atoms with Gasteiger partial charge in [-0.05, 0) is 32.0 Å². The van der Waals surface area contributed by atoms with E-state index < -0.39 is 5.54 Å². The predicted molar refractivity (Wildman–Crippen MR) is 79.2 cm³/mol. The van der Waals surface area contributed by atoms with Crippen LogP contribution in [0.3, 0.4) is 0 Å². The lowest BCUT2D eigenvalue weighted by molar-refractivity contribution is 0.622. The van der Waals surface area contributed by atoms with E-state index in [1.807, 2.05) is 13.8 Å². The Hall–Kier alpha value is -2.02. The van der Waals surface area contributed by atoms with Gasteiger partial charge >= 0.3 is 0 Å². The van der Waals surface area contributed by atoms with E-state index in [9.17, 15) is 4.39 Å². The van der Waals surface area contributed by atoms with Gasteiger partial charge in [0.15, 0.2) is 0 Å². The minimum absolute atomic E-state index is 0.372. The van der Waals surface area contributed by atoms with E-state index in [4.69, 9.17) is 5.26 Å². The molecule has 19 heavy (non-hydrogen) atoms. The third-order valence-electron chi connectivity index (χ3n) is 2.33. The molecule has 1 aromatic rings. The topological polar surface area (TPSA) is 47.8 Å². The highest BCUT2D eigenvalue weighted by molar-refractivity contribution is 5.64. The fraction of sp³-hybridized carbons (Fsp3) is 0.400. The van der Waals surface area contributed by atoms with Crippen molar-refractivity contribution in [2.75, 3.05) is 12.4 Å². The highest BCUT2D eigenvalue weighted by atomic mass is 19.1. The molecule has 3 nitrogen and oxygen atoms in total. The van der Waals surface area contributed by atoms with E-state index in [1.165, 1.54) is 6.07 Å². The van der Waals surface area contributed by atoms with Crippen LogP contribution in [0.4, 0.5) is 10.1 Å². The summed E-state index contributed by atoms with van der Waals surface area (Å²) < 4.78 is 13.7. The summed E-state index contributed by atoms with van der Waals surface area (Å²) in [5, 5.41) is 14.6. The van der Waals surface area contributed by atoms with Crippen molar-refractivity contribution in [3.63, 3.8) is 0 Å². The van der Waals surface area contributed by atoms with Gasteiger partial charge in [-0.2, -0.15) is 5.26 Å². The van der Waals surface area contributed by atoms with Crippen molar-refractivity contribution in [2.45, 2.75) is 33.2 Å². The third-order valence-corrected chi connectivity index (χ3v) is 2.33. The first-order valence-electron chi connectivity index (χ1n) is 6.25. The van der Waals surface area contributed by atoms with Gasteiger partial charge in [0.25, 0.3) is 0 Å². The van der Waals surface area contributed by atoms with Gasteiger partial charge < -0.3 is 10.6 Å². The smallest absolute Gasteiger partial charge is 0.134 e. The molecule has 0 aliphatic rings. The van der Waals surface area contributed by atoms with Crippen LogP contribution in [0.5, 0.6) is 0 Å². The maximum absolute atomic E-state index is 13.7. The van der Waals surface area contributed by atoms with Crippen molar-refractivity contribution in [3.8, 4) is 6.07 Å². The zero-order valence-corrected chi connectivity index (χ0v) is 12.3. The maximum Gasteiger partial charge on any atom is 0.134 e. The lowest BCUT2D eigenvalue weighted by Gasteiger charge is -2.19. The molecule has 0 heterocycles. The first-order chi connectivity index (χ1) is 8.89. The maximum atomic E-state index is 13.7. The molecule has 0 saturated heterocycles.